The second kappa shape index (κ2) is 9.20. The van der Waals surface area contributed by atoms with Crippen LogP contribution in [0.15, 0.2) is 24.3 Å². The van der Waals surface area contributed by atoms with E-state index in [-0.39, 0.29) is 12.3 Å². The Morgan fingerprint density at radius 2 is 1.86 bits per heavy atom. The van der Waals surface area contributed by atoms with Gasteiger partial charge >= 0.3 is 5.97 Å². The van der Waals surface area contributed by atoms with Gasteiger partial charge in [-0.3, -0.25) is 14.5 Å². The van der Waals surface area contributed by atoms with Crippen molar-refractivity contribution in [2.24, 2.45) is 0 Å². The molecule has 0 saturated carbocycles. The molecule has 2 N–H and O–H groups in total. The Labute approximate surface area is 132 Å². The Morgan fingerprint density at radius 3 is 2.36 bits per heavy atom. The lowest BCUT2D eigenvalue weighted by atomic mass is 10.1. The van der Waals surface area contributed by atoms with Crippen molar-refractivity contribution in [1.29, 1.82) is 0 Å². The van der Waals surface area contributed by atoms with Crippen molar-refractivity contribution < 1.29 is 14.7 Å². The number of amides is 1. The van der Waals surface area contributed by atoms with Gasteiger partial charge in [0.05, 0.1) is 0 Å². The van der Waals surface area contributed by atoms with Gasteiger partial charge in [-0.1, -0.05) is 19.1 Å². The SMILES string of the molecule is CCN(Cc1ccc(C(=O)NCCCC(=O)O)cc1)C(C)C. The summed E-state index contributed by atoms with van der Waals surface area (Å²) < 4.78 is 0. The molecule has 0 unspecified atom stereocenters. The number of hydrogen-bond acceptors (Lipinski definition) is 3. The quantitative estimate of drug-likeness (QED) is 0.688. The van der Waals surface area contributed by atoms with Crippen molar-refractivity contribution in [3.8, 4) is 0 Å². The largest absolute Gasteiger partial charge is 0.481 e. The van der Waals surface area contributed by atoms with E-state index in [9.17, 15) is 9.59 Å². The van der Waals surface area contributed by atoms with E-state index < -0.39 is 5.97 Å². The molecule has 0 aromatic heterocycles. The number of benzene rings is 1. The lowest BCUT2D eigenvalue weighted by molar-refractivity contribution is -0.137. The van der Waals surface area contributed by atoms with Crippen molar-refractivity contribution in [2.75, 3.05) is 13.1 Å². The normalized spacial score (nSPS) is 11.0. The molecule has 0 spiro atoms. The highest BCUT2D eigenvalue weighted by atomic mass is 16.4. The second-order valence-corrected chi connectivity index (χ2v) is 5.61. The summed E-state index contributed by atoms with van der Waals surface area (Å²) in [6, 6.07) is 8.06. The van der Waals surface area contributed by atoms with Crippen LogP contribution in [0, 0.1) is 0 Å². The Bertz CT molecular complexity index is 483. The highest BCUT2D eigenvalue weighted by Gasteiger charge is 2.09. The predicted molar refractivity (Wildman–Crippen MR) is 86.9 cm³/mol. The minimum absolute atomic E-state index is 0.0707. The molecule has 1 rings (SSSR count). The molecular weight excluding hydrogens is 280 g/mol. The summed E-state index contributed by atoms with van der Waals surface area (Å²) in [6.07, 6.45) is 0.514. The average Bonchev–Trinajstić information content (AvgIpc) is 2.49. The van der Waals surface area contributed by atoms with Gasteiger partial charge in [-0.25, -0.2) is 0 Å². The lowest BCUT2D eigenvalue weighted by Crippen LogP contribution is -2.30. The van der Waals surface area contributed by atoms with Crippen LogP contribution >= 0.6 is 0 Å². The summed E-state index contributed by atoms with van der Waals surface area (Å²) in [7, 11) is 0. The van der Waals surface area contributed by atoms with Crippen LogP contribution in [0.4, 0.5) is 0 Å². The van der Waals surface area contributed by atoms with Gasteiger partial charge < -0.3 is 10.4 Å². The Kier molecular flexibility index (Phi) is 7.60. The summed E-state index contributed by atoms with van der Waals surface area (Å²) in [5, 5.41) is 11.3. The van der Waals surface area contributed by atoms with E-state index in [0.717, 1.165) is 13.1 Å². The molecule has 0 bridgehead atoms. The molecule has 0 heterocycles. The van der Waals surface area contributed by atoms with Crippen LogP contribution in [0.2, 0.25) is 0 Å². The summed E-state index contributed by atoms with van der Waals surface area (Å²) in [5.41, 5.74) is 1.78. The van der Waals surface area contributed by atoms with E-state index in [2.05, 4.69) is 31.0 Å². The van der Waals surface area contributed by atoms with E-state index >= 15 is 0 Å². The van der Waals surface area contributed by atoms with Gasteiger partial charge in [-0.15, -0.1) is 0 Å². The molecule has 122 valence electrons. The minimum atomic E-state index is -0.843. The average molecular weight is 306 g/mol. The van der Waals surface area contributed by atoms with Crippen LogP contribution in [0.1, 0.15) is 49.5 Å². The van der Waals surface area contributed by atoms with Crippen molar-refractivity contribution >= 4 is 11.9 Å². The molecule has 1 amide bonds. The first-order valence-electron chi connectivity index (χ1n) is 7.77. The molecule has 0 saturated heterocycles. The van der Waals surface area contributed by atoms with Crippen molar-refractivity contribution in [3.63, 3.8) is 0 Å². The third-order valence-electron chi connectivity index (χ3n) is 3.59. The monoisotopic (exact) mass is 306 g/mol. The van der Waals surface area contributed by atoms with Crippen LogP contribution in [0.5, 0.6) is 0 Å². The number of nitrogens with one attached hydrogen (secondary N) is 1. The van der Waals surface area contributed by atoms with Gasteiger partial charge in [0.25, 0.3) is 5.91 Å². The van der Waals surface area contributed by atoms with Gasteiger partial charge in [0, 0.05) is 31.1 Å². The fourth-order valence-corrected chi connectivity index (χ4v) is 2.20. The molecule has 1 aromatic carbocycles. The number of carbonyl (C=O) groups is 2. The number of hydrogen-bond donors (Lipinski definition) is 2. The first-order valence-corrected chi connectivity index (χ1v) is 7.77. The highest BCUT2D eigenvalue weighted by Crippen LogP contribution is 2.10. The van der Waals surface area contributed by atoms with Gasteiger partial charge in [-0.05, 0) is 44.5 Å². The van der Waals surface area contributed by atoms with E-state index in [1.54, 1.807) is 0 Å². The zero-order valence-corrected chi connectivity index (χ0v) is 13.6. The summed E-state index contributed by atoms with van der Waals surface area (Å²) in [6.45, 7) is 8.71. The van der Waals surface area contributed by atoms with E-state index in [1.165, 1.54) is 5.56 Å². The van der Waals surface area contributed by atoms with Gasteiger partial charge in [-0.2, -0.15) is 0 Å². The first kappa shape index (κ1) is 18.2. The molecule has 0 aliphatic heterocycles. The molecule has 1 aromatic rings. The maximum absolute atomic E-state index is 11.9. The summed E-state index contributed by atoms with van der Waals surface area (Å²) in [4.78, 5) is 24.7. The molecule has 5 heteroatoms. The molecule has 0 atom stereocenters. The molecule has 5 nitrogen and oxygen atoms in total. The molecule has 0 radical (unpaired) electrons. The van der Waals surface area contributed by atoms with Crippen LogP contribution in [0.25, 0.3) is 0 Å². The Balaban J connectivity index is 2.49. The third kappa shape index (κ3) is 6.26. The van der Waals surface area contributed by atoms with Crippen LogP contribution in [-0.2, 0) is 11.3 Å². The van der Waals surface area contributed by atoms with Gasteiger partial charge in [0.2, 0.25) is 0 Å². The van der Waals surface area contributed by atoms with Crippen molar-refractivity contribution in [1.82, 2.24) is 10.2 Å². The number of carboxylic acids is 1. The number of rotatable bonds is 9. The molecular formula is C17H26N2O3. The molecule has 0 fully saturated rings. The molecule has 0 aliphatic rings. The van der Waals surface area contributed by atoms with Crippen LogP contribution in [0.3, 0.4) is 0 Å². The smallest absolute Gasteiger partial charge is 0.303 e. The van der Waals surface area contributed by atoms with Gasteiger partial charge in [0.15, 0.2) is 0 Å². The zero-order valence-electron chi connectivity index (χ0n) is 13.6. The number of aliphatic carboxylic acids is 1. The predicted octanol–water partition coefficient (Wildman–Crippen LogP) is 2.51. The Hall–Kier alpha value is -1.88. The Morgan fingerprint density at radius 1 is 1.23 bits per heavy atom. The van der Waals surface area contributed by atoms with E-state index in [1.807, 2.05) is 24.3 Å². The van der Waals surface area contributed by atoms with E-state index in [0.29, 0.717) is 24.6 Å². The fraction of sp³-hybridized carbons (Fsp3) is 0.529. The minimum Gasteiger partial charge on any atom is -0.481 e. The number of carboxylic acid groups (broad SMARTS) is 1. The van der Waals surface area contributed by atoms with Crippen molar-refractivity contribution in [2.45, 2.75) is 46.2 Å². The number of nitrogens with zero attached hydrogens (tertiary/aromatic N) is 1. The van der Waals surface area contributed by atoms with Crippen LogP contribution in [-0.4, -0.2) is 41.0 Å². The zero-order chi connectivity index (χ0) is 16.5. The summed E-state index contributed by atoms with van der Waals surface area (Å²) in [5.74, 6) is -1.00. The number of carbonyl (C=O) groups excluding carboxylic acids is 1. The second-order valence-electron chi connectivity index (χ2n) is 5.61. The maximum Gasteiger partial charge on any atom is 0.303 e. The van der Waals surface area contributed by atoms with Gasteiger partial charge in [0.1, 0.15) is 0 Å². The summed E-state index contributed by atoms with van der Waals surface area (Å²) >= 11 is 0. The van der Waals surface area contributed by atoms with Crippen LogP contribution < -0.4 is 5.32 Å². The highest BCUT2D eigenvalue weighted by molar-refractivity contribution is 5.94. The topological polar surface area (TPSA) is 69.6 Å². The first-order chi connectivity index (χ1) is 10.4. The lowest BCUT2D eigenvalue weighted by Gasteiger charge is -2.24. The molecule has 22 heavy (non-hydrogen) atoms. The third-order valence-corrected chi connectivity index (χ3v) is 3.59. The van der Waals surface area contributed by atoms with E-state index in [4.69, 9.17) is 5.11 Å². The standard InChI is InChI=1S/C17H26N2O3/c1-4-19(13(2)3)12-14-7-9-15(10-8-14)17(22)18-11-5-6-16(20)21/h7-10,13H,4-6,11-12H2,1-3H3,(H,18,22)(H,20,21). The maximum atomic E-state index is 11.9. The fourth-order valence-electron chi connectivity index (χ4n) is 2.20. The molecule has 0 aliphatic carbocycles. The van der Waals surface area contributed by atoms with Crippen molar-refractivity contribution in [3.05, 3.63) is 35.4 Å².